The largest absolute Gasteiger partial charge is 0.325 e. The van der Waals surface area contributed by atoms with Gasteiger partial charge >= 0.3 is 6.03 Å². The van der Waals surface area contributed by atoms with Gasteiger partial charge in [0.05, 0.1) is 0 Å². The molecule has 0 spiro atoms. The van der Waals surface area contributed by atoms with Gasteiger partial charge in [0.1, 0.15) is 0 Å². The van der Waals surface area contributed by atoms with Crippen molar-refractivity contribution in [1.82, 2.24) is 9.80 Å². The summed E-state index contributed by atoms with van der Waals surface area (Å²) in [5.74, 6) is 0.741. The maximum absolute atomic E-state index is 12.4. The fourth-order valence-corrected chi connectivity index (χ4v) is 3.74. The summed E-state index contributed by atoms with van der Waals surface area (Å²) in [6.07, 6.45) is 4.91. The molecule has 0 aliphatic carbocycles. The molecular weight excluding hydrogens is 310 g/mol. The molecule has 1 aromatic rings. The van der Waals surface area contributed by atoms with E-state index >= 15 is 0 Å². The van der Waals surface area contributed by atoms with Crippen LogP contribution in [0.3, 0.4) is 0 Å². The van der Waals surface area contributed by atoms with Crippen LogP contribution in [-0.4, -0.2) is 48.6 Å². The molecule has 5 heteroatoms. The summed E-state index contributed by atoms with van der Waals surface area (Å²) in [6, 6.07) is 5.58. The van der Waals surface area contributed by atoms with Gasteiger partial charge in [-0.05, 0) is 69.3 Å². The predicted octanol–water partition coefficient (Wildman–Crippen LogP) is 3.99. The van der Waals surface area contributed by atoms with Crippen molar-refractivity contribution >= 4 is 23.3 Å². The lowest BCUT2D eigenvalue weighted by Gasteiger charge is -2.34. The summed E-state index contributed by atoms with van der Waals surface area (Å²) in [4.78, 5) is 17.0. The van der Waals surface area contributed by atoms with Gasteiger partial charge < -0.3 is 15.1 Å². The number of rotatable bonds is 3. The maximum Gasteiger partial charge on any atom is 0.321 e. The number of likely N-dealkylation sites (tertiary alicyclic amines) is 2. The summed E-state index contributed by atoms with van der Waals surface area (Å²) in [5.41, 5.74) is 1.84. The molecule has 1 aromatic carbocycles. The molecule has 0 radical (unpaired) electrons. The molecule has 0 bridgehead atoms. The Morgan fingerprint density at radius 1 is 1.22 bits per heavy atom. The normalized spacial score (nSPS) is 20.0. The zero-order chi connectivity index (χ0) is 16.2. The minimum atomic E-state index is -0.00464. The van der Waals surface area contributed by atoms with Crippen LogP contribution in [0.1, 0.15) is 31.2 Å². The lowest BCUT2D eigenvalue weighted by Crippen LogP contribution is -2.43. The Balaban J connectivity index is 1.48. The Morgan fingerprint density at radius 3 is 2.61 bits per heavy atom. The Bertz CT molecular complexity index is 549. The molecule has 2 saturated heterocycles. The second kappa shape index (κ2) is 7.54. The van der Waals surface area contributed by atoms with Gasteiger partial charge in [-0.15, -0.1) is 0 Å². The monoisotopic (exact) mass is 335 g/mol. The lowest BCUT2D eigenvalue weighted by atomic mass is 9.96. The number of nitrogens with zero attached hydrogens (tertiary/aromatic N) is 2. The van der Waals surface area contributed by atoms with Crippen molar-refractivity contribution < 1.29 is 4.79 Å². The van der Waals surface area contributed by atoms with Crippen LogP contribution in [0.4, 0.5) is 10.5 Å². The van der Waals surface area contributed by atoms with Crippen molar-refractivity contribution in [2.75, 3.05) is 38.0 Å². The number of anilines is 1. The van der Waals surface area contributed by atoms with Crippen LogP contribution in [0.5, 0.6) is 0 Å². The third-order valence-electron chi connectivity index (χ3n) is 5.06. The van der Waals surface area contributed by atoms with E-state index in [9.17, 15) is 4.79 Å². The van der Waals surface area contributed by atoms with Gasteiger partial charge in [-0.1, -0.05) is 17.7 Å². The average molecular weight is 336 g/mol. The predicted molar refractivity (Wildman–Crippen MR) is 95.2 cm³/mol. The van der Waals surface area contributed by atoms with E-state index in [0.29, 0.717) is 5.02 Å². The first kappa shape index (κ1) is 16.6. The Morgan fingerprint density at radius 2 is 1.91 bits per heavy atom. The van der Waals surface area contributed by atoms with Gasteiger partial charge in [0, 0.05) is 30.3 Å². The molecule has 3 rings (SSSR count). The van der Waals surface area contributed by atoms with E-state index in [1.807, 2.05) is 30.0 Å². The number of amides is 2. The van der Waals surface area contributed by atoms with E-state index in [1.165, 1.54) is 32.5 Å². The summed E-state index contributed by atoms with van der Waals surface area (Å²) < 4.78 is 0. The minimum Gasteiger partial charge on any atom is -0.325 e. The molecule has 2 aliphatic rings. The van der Waals surface area contributed by atoms with Crippen molar-refractivity contribution in [3.63, 3.8) is 0 Å². The number of benzene rings is 1. The standard InChI is InChI=1S/C18H26ClN3O/c1-14-4-5-16(19)12-17(14)20-18(23)22-10-6-15(7-11-22)13-21-8-2-3-9-21/h4-5,12,15H,2-3,6-11,13H2,1H3,(H,20,23). The van der Waals surface area contributed by atoms with Crippen LogP contribution in [0.15, 0.2) is 18.2 Å². The first-order valence-electron chi connectivity index (χ1n) is 8.66. The van der Waals surface area contributed by atoms with Crippen molar-refractivity contribution in [3.05, 3.63) is 28.8 Å². The highest BCUT2D eigenvalue weighted by Gasteiger charge is 2.25. The molecule has 126 valence electrons. The molecule has 4 nitrogen and oxygen atoms in total. The molecule has 1 N–H and O–H groups in total. The number of urea groups is 1. The van der Waals surface area contributed by atoms with Crippen LogP contribution < -0.4 is 5.32 Å². The van der Waals surface area contributed by atoms with Crippen molar-refractivity contribution in [3.8, 4) is 0 Å². The highest BCUT2D eigenvalue weighted by molar-refractivity contribution is 6.31. The second-order valence-corrected chi connectivity index (χ2v) is 7.26. The summed E-state index contributed by atoms with van der Waals surface area (Å²) in [6.45, 7) is 7.41. The van der Waals surface area contributed by atoms with Crippen molar-refractivity contribution in [2.24, 2.45) is 5.92 Å². The molecule has 0 unspecified atom stereocenters. The molecule has 23 heavy (non-hydrogen) atoms. The number of carbonyl (C=O) groups is 1. The molecule has 2 aliphatic heterocycles. The van der Waals surface area contributed by atoms with Gasteiger partial charge in [-0.3, -0.25) is 0 Å². The van der Waals surface area contributed by atoms with Gasteiger partial charge in [0.15, 0.2) is 0 Å². The molecule has 2 amide bonds. The Labute approximate surface area is 143 Å². The zero-order valence-electron chi connectivity index (χ0n) is 13.9. The van der Waals surface area contributed by atoms with Gasteiger partial charge in [0.25, 0.3) is 0 Å². The number of carbonyl (C=O) groups excluding carboxylic acids is 1. The number of piperidine rings is 1. The Kier molecular flexibility index (Phi) is 5.44. The van der Waals surface area contributed by atoms with E-state index < -0.39 is 0 Å². The van der Waals surface area contributed by atoms with Crippen LogP contribution in [0.25, 0.3) is 0 Å². The van der Waals surface area contributed by atoms with Crippen molar-refractivity contribution in [2.45, 2.75) is 32.6 Å². The van der Waals surface area contributed by atoms with Crippen LogP contribution >= 0.6 is 11.6 Å². The molecular formula is C18H26ClN3O. The highest BCUT2D eigenvalue weighted by atomic mass is 35.5. The van der Waals surface area contributed by atoms with Gasteiger partial charge in [-0.2, -0.15) is 0 Å². The fourth-order valence-electron chi connectivity index (χ4n) is 3.57. The quantitative estimate of drug-likeness (QED) is 0.906. The maximum atomic E-state index is 12.4. The number of halogens is 1. The average Bonchev–Trinajstić information content (AvgIpc) is 3.04. The lowest BCUT2D eigenvalue weighted by molar-refractivity contribution is 0.163. The van der Waals surface area contributed by atoms with E-state index in [-0.39, 0.29) is 6.03 Å². The SMILES string of the molecule is Cc1ccc(Cl)cc1NC(=O)N1CCC(CN2CCCC2)CC1. The molecule has 0 aromatic heterocycles. The summed E-state index contributed by atoms with van der Waals surface area (Å²) in [5, 5.41) is 3.65. The van der Waals surface area contributed by atoms with Gasteiger partial charge in [0.2, 0.25) is 0 Å². The fraction of sp³-hybridized carbons (Fsp3) is 0.611. The highest BCUT2D eigenvalue weighted by Crippen LogP contribution is 2.23. The first-order valence-corrected chi connectivity index (χ1v) is 9.04. The molecule has 0 atom stereocenters. The van der Waals surface area contributed by atoms with Crippen LogP contribution in [0.2, 0.25) is 5.02 Å². The van der Waals surface area contributed by atoms with Crippen molar-refractivity contribution in [1.29, 1.82) is 0 Å². The smallest absolute Gasteiger partial charge is 0.321 e. The summed E-state index contributed by atoms with van der Waals surface area (Å²) >= 11 is 6.02. The van der Waals surface area contributed by atoms with Gasteiger partial charge in [-0.25, -0.2) is 4.79 Å². The molecule has 2 heterocycles. The van der Waals surface area contributed by atoms with E-state index in [2.05, 4.69) is 10.2 Å². The zero-order valence-corrected chi connectivity index (χ0v) is 14.6. The topological polar surface area (TPSA) is 35.6 Å². The number of hydrogen-bond acceptors (Lipinski definition) is 2. The number of nitrogens with one attached hydrogen (secondary N) is 1. The number of hydrogen-bond donors (Lipinski definition) is 1. The first-order chi connectivity index (χ1) is 11.1. The third-order valence-corrected chi connectivity index (χ3v) is 5.29. The summed E-state index contributed by atoms with van der Waals surface area (Å²) in [7, 11) is 0. The molecule has 0 saturated carbocycles. The third kappa shape index (κ3) is 4.39. The van der Waals surface area contributed by atoms with E-state index in [1.54, 1.807) is 0 Å². The van der Waals surface area contributed by atoms with Crippen LogP contribution in [0, 0.1) is 12.8 Å². The van der Waals surface area contributed by atoms with E-state index in [4.69, 9.17) is 11.6 Å². The second-order valence-electron chi connectivity index (χ2n) is 6.83. The Hall–Kier alpha value is -1.26. The minimum absolute atomic E-state index is 0.00464. The van der Waals surface area contributed by atoms with Crippen LogP contribution in [-0.2, 0) is 0 Å². The molecule has 2 fully saturated rings. The van der Waals surface area contributed by atoms with E-state index in [0.717, 1.165) is 43.1 Å². The number of aryl methyl sites for hydroxylation is 1.